The Morgan fingerprint density at radius 3 is 2.52 bits per heavy atom. The van der Waals surface area contributed by atoms with Crippen LogP contribution in [0.3, 0.4) is 0 Å². The third-order valence-electron chi connectivity index (χ3n) is 3.08. The Bertz CT molecular complexity index is 659. The minimum absolute atomic E-state index is 0.335. The second-order valence-corrected chi connectivity index (χ2v) is 6.42. The molecule has 0 radical (unpaired) electrons. The van der Waals surface area contributed by atoms with Crippen molar-refractivity contribution in [3.63, 3.8) is 0 Å². The van der Waals surface area contributed by atoms with Crippen molar-refractivity contribution in [1.29, 1.82) is 0 Å². The van der Waals surface area contributed by atoms with Crippen molar-refractivity contribution >= 4 is 44.1 Å². The first-order valence-corrected chi connectivity index (χ1v) is 8.17. The topological polar surface area (TPSA) is 51.2 Å². The molecule has 0 fully saturated rings. The van der Waals surface area contributed by atoms with Gasteiger partial charge < -0.3 is 10.1 Å². The Labute approximate surface area is 136 Å². The number of carbonyl (C=O) groups is 1. The maximum atomic E-state index is 12.1. The predicted molar refractivity (Wildman–Crippen MR) is 89.7 cm³/mol. The van der Waals surface area contributed by atoms with Crippen molar-refractivity contribution in [2.45, 2.75) is 27.7 Å². The van der Waals surface area contributed by atoms with Crippen molar-refractivity contribution in [2.75, 3.05) is 11.9 Å². The lowest BCUT2D eigenvalue weighted by Gasteiger charge is -2.13. The average Bonchev–Trinajstić information content (AvgIpc) is 2.75. The molecule has 2 aromatic rings. The number of nitrogens with zero attached hydrogens (tertiary/aromatic N) is 1. The van der Waals surface area contributed by atoms with Crippen LogP contribution in [0.4, 0.5) is 10.7 Å². The lowest BCUT2D eigenvalue weighted by Crippen LogP contribution is -2.08. The first-order valence-electron chi connectivity index (χ1n) is 6.61. The summed E-state index contributed by atoms with van der Waals surface area (Å²) in [6.07, 6.45) is 0. The van der Waals surface area contributed by atoms with Gasteiger partial charge in [-0.1, -0.05) is 15.9 Å². The predicted octanol–water partition coefficient (Wildman–Crippen LogP) is 4.75. The average molecular weight is 369 g/mol. The number of ether oxygens (including phenoxy) is 1. The highest BCUT2D eigenvalue weighted by atomic mass is 79.9. The van der Waals surface area contributed by atoms with Gasteiger partial charge >= 0.3 is 5.97 Å². The van der Waals surface area contributed by atoms with Crippen LogP contribution in [0, 0.1) is 20.8 Å². The summed E-state index contributed by atoms with van der Waals surface area (Å²) in [5, 5.41) is 4.05. The first-order chi connectivity index (χ1) is 9.93. The summed E-state index contributed by atoms with van der Waals surface area (Å²) < 4.78 is 10.4. The van der Waals surface area contributed by atoms with E-state index in [1.165, 1.54) is 11.5 Å². The maximum absolute atomic E-state index is 12.1. The van der Waals surface area contributed by atoms with Crippen LogP contribution < -0.4 is 5.32 Å². The fourth-order valence-electron chi connectivity index (χ4n) is 2.12. The molecule has 1 aromatic heterocycles. The summed E-state index contributed by atoms with van der Waals surface area (Å²) in [7, 11) is 0. The highest BCUT2D eigenvalue weighted by molar-refractivity contribution is 9.10. The van der Waals surface area contributed by atoms with Gasteiger partial charge in [-0.05, 0) is 62.5 Å². The summed E-state index contributed by atoms with van der Waals surface area (Å²) in [5.74, 6) is -0.335. The van der Waals surface area contributed by atoms with Crippen LogP contribution in [0.5, 0.6) is 0 Å². The minimum Gasteiger partial charge on any atom is -0.462 e. The smallest absolute Gasteiger partial charge is 0.343 e. The largest absolute Gasteiger partial charge is 0.462 e. The van der Waals surface area contributed by atoms with Crippen molar-refractivity contribution < 1.29 is 9.53 Å². The van der Waals surface area contributed by atoms with E-state index in [1.54, 1.807) is 6.92 Å². The van der Waals surface area contributed by atoms with Crippen molar-refractivity contribution in [1.82, 2.24) is 4.37 Å². The molecule has 0 unspecified atom stereocenters. The zero-order valence-corrected chi connectivity index (χ0v) is 14.8. The summed E-state index contributed by atoms with van der Waals surface area (Å²) in [6, 6.07) is 4.07. The molecule has 6 heteroatoms. The summed E-state index contributed by atoms with van der Waals surface area (Å²) in [4.78, 5) is 12.1. The summed E-state index contributed by atoms with van der Waals surface area (Å²) >= 11 is 4.76. The summed E-state index contributed by atoms with van der Waals surface area (Å²) in [6.45, 7) is 8.01. The van der Waals surface area contributed by atoms with Crippen LogP contribution in [0.2, 0.25) is 0 Å². The number of nitrogens with one attached hydrogen (secondary N) is 1. The van der Waals surface area contributed by atoms with Gasteiger partial charge in [0.15, 0.2) is 0 Å². The molecular weight excluding hydrogens is 352 g/mol. The fraction of sp³-hybridized carbons (Fsp3) is 0.333. The maximum Gasteiger partial charge on any atom is 0.343 e. The van der Waals surface area contributed by atoms with Crippen LogP contribution in [-0.4, -0.2) is 16.9 Å². The molecule has 0 aliphatic heterocycles. The Kier molecular flexibility index (Phi) is 5.00. The Hall–Kier alpha value is -1.40. The van der Waals surface area contributed by atoms with Crippen LogP contribution in [0.25, 0.3) is 0 Å². The number of anilines is 2. The van der Waals surface area contributed by atoms with Crippen LogP contribution in [0.15, 0.2) is 16.6 Å². The molecule has 0 saturated carbocycles. The molecule has 1 heterocycles. The monoisotopic (exact) mass is 368 g/mol. The van der Waals surface area contributed by atoms with E-state index in [1.807, 2.05) is 32.9 Å². The van der Waals surface area contributed by atoms with E-state index < -0.39 is 0 Å². The Morgan fingerprint density at radius 1 is 1.33 bits per heavy atom. The van der Waals surface area contributed by atoms with E-state index in [-0.39, 0.29) is 5.97 Å². The Balaban J connectivity index is 2.39. The van der Waals surface area contributed by atoms with Gasteiger partial charge in [0, 0.05) is 10.2 Å². The van der Waals surface area contributed by atoms with Gasteiger partial charge in [0.05, 0.1) is 12.3 Å². The lowest BCUT2D eigenvalue weighted by molar-refractivity contribution is 0.0527. The van der Waals surface area contributed by atoms with Gasteiger partial charge in [0.2, 0.25) is 0 Å². The van der Waals surface area contributed by atoms with Crippen LogP contribution in [0.1, 0.15) is 34.1 Å². The normalized spacial score (nSPS) is 10.5. The molecule has 0 amide bonds. The number of hydrogen-bond donors (Lipinski definition) is 1. The number of aryl methyl sites for hydroxylation is 3. The fourth-order valence-corrected chi connectivity index (χ4v) is 3.60. The third kappa shape index (κ3) is 3.44. The van der Waals surface area contributed by atoms with Crippen molar-refractivity contribution in [2.24, 2.45) is 0 Å². The molecule has 0 atom stereocenters. The first kappa shape index (κ1) is 16.0. The highest BCUT2D eigenvalue weighted by Crippen LogP contribution is 2.33. The third-order valence-corrected chi connectivity index (χ3v) is 4.39. The molecule has 0 spiro atoms. The number of hydrogen-bond acceptors (Lipinski definition) is 5. The molecule has 0 aliphatic rings. The zero-order valence-electron chi connectivity index (χ0n) is 12.4. The number of carbonyl (C=O) groups excluding carboxylic acids is 1. The van der Waals surface area contributed by atoms with Gasteiger partial charge in [-0.15, -0.1) is 0 Å². The van der Waals surface area contributed by atoms with Gasteiger partial charge in [-0.25, -0.2) is 4.79 Å². The molecule has 21 heavy (non-hydrogen) atoms. The van der Waals surface area contributed by atoms with E-state index in [2.05, 4.69) is 25.6 Å². The van der Waals surface area contributed by atoms with Gasteiger partial charge in [-0.3, -0.25) is 0 Å². The number of benzene rings is 1. The van der Waals surface area contributed by atoms with Crippen molar-refractivity contribution in [3.05, 3.63) is 39.0 Å². The highest BCUT2D eigenvalue weighted by Gasteiger charge is 2.20. The molecule has 1 aromatic carbocycles. The molecule has 4 nitrogen and oxygen atoms in total. The van der Waals surface area contributed by atoms with E-state index in [0.717, 1.165) is 26.3 Å². The van der Waals surface area contributed by atoms with E-state index in [9.17, 15) is 4.79 Å². The quantitative estimate of drug-likeness (QED) is 0.790. The molecule has 2 rings (SSSR count). The number of esters is 1. The number of rotatable bonds is 4. The molecule has 0 saturated heterocycles. The molecule has 0 aliphatic carbocycles. The molecular formula is C15H17BrN2O2S. The van der Waals surface area contributed by atoms with Gasteiger partial charge in [0.25, 0.3) is 0 Å². The van der Waals surface area contributed by atoms with Crippen molar-refractivity contribution in [3.8, 4) is 0 Å². The second-order valence-electron chi connectivity index (χ2n) is 4.73. The standard InChI is InChI=1S/C15H17BrN2O2S/c1-5-20-15(19)12-10(4)18-21-14(12)17-13-8(2)6-11(16)7-9(13)3/h6-7,17H,5H2,1-4H3. The molecule has 1 N–H and O–H groups in total. The second kappa shape index (κ2) is 6.58. The van der Waals surface area contributed by atoms with E-state index in [4.69, 9.17) is 4.74 Å². The number of halogens is 1. The minimum atomic E-state index is -0.335. The Morgan fingerprint density at radius 2 is 1.95 bits per heavy atom. The van der Waals surface area contributed by atoms with Crippen LogP contribution >= 0.6 is 27.5 Å². The summed E-state index contributed by atoms with van der Waals surface area (Å²) in [5.41, 5.74) is 4.40. The molecule has 0 bridgehead atoms. The van der Waals surface area contributed by atoms with E-state index >= 15 is 0 Å². The SMILES string of the molecule is CCOC(=O)c1c(C)nsc1Nc1c(C)cc(Br)cc1C. The van der Waals surface area contributed by atoms with Gasteiger partial charge in [-0.2, -0.15) is 4.37 Å². The lowest BCUT2D eigenvalue weighted by atomic mass is 10.1. The number of aromatic nitrogens is 1. The van der Waals surface area contributed by atoms with Crippen LogP contribution in [-0.2, 0) is 4.74 Å². The zero-order chi connectivity index (χ0) is 15.6. The molecule has 112 valence electrons. The van der Waals surface area contributed by atoms with E-state index in [0.29, 0.717) is 17.9 Å². The van der Waals surface area contributed by atoms with Gasteiger partial charge in [0.1, 0.15) is 10.6 Å².